The molecule has 0 aliphatic heterocycles. The van der Waals surface area contributed by atoms with E-state index in [9.17, 15) is 9.50 Å². The highest BCUT2D eigenvalue weighted by molar-refractivity contribution is 5.63. The van der Waals surface area contributed by atoms with Crippen molar-refractivity contribution in [1.29, 1.82) is 0 Å². The molecular formula is C15H16FNO. The van der Waals surface area contributed by atoms with Crippen molar-refractivity contribution in [2.45, 2.75) is 13.0 Å². The summed E-state index contributed by atoms with van der Waals surface area (Å²) in [5, 5.41) is 9.44. The molecule has 0 heterocycles. The molecule has 94 valence electrons. The lowest BCUT2D eigenvalue weighted by molar-refractivity contribution is 0.199. The first-order chi connectivity index (χ1) is 8.59. The lowest BCUT2D eigenvalue weighted by Gasteiger charge is -2.20. The SMILES string of the molecule is CC(O)c1ccc(N(C)c2ccccc2F)cc1. The van der Waals surface area contributed by atoms with Crippen LogP contribution in [0.15, 0.2) is 48.5 Å². The van der Waals surface area contributed by atoms with Crippen molar-refractivity contribution < 1.29 is 9.50 Å². The van der Waals surface area contributed by atoms with E-state index < -0.39 is 6.10 Å². The smallest absolute Gasteiger partial charge is 0.146 e. The van der Waals surface area contributed by atoms with Crippen molar-refractivity contribution in [3.63, 3.8) is 0 Å². The zero-order chi connectivity index (χ0) is 13.1. The highest BCUT2D eigenvalue weighted by Crippen LogP contribution is 2.26. The van der Waals surface area contributed by atoms with Crippen LogP contribution in [0.4, 0.5) is 15.8 Å². The molecule has 0 bridgehead atoms. The average molecular weight is 245 g/mol. The van der Waals surface area contributed by atoms with Crippen LogP contribution >= 0.6 is 0 Å². The van der Waals surface area contributed by atoms with E-state index in [-0.39, 0.29) is 5.82 Å². The van der Waals surface area contributed by atoms with Crippen molar-refractivity contribution in [2.24, 2.45) is 0 Å². The van der Waals surface area contributed by atoms with E-state index in [1.54, 1.807) is 30.0 Å². The number of anilines is 2. The van der Waals surface area contributed by atoms with E-state index in [0.717, 1.165) is 11.3 Å². The summed E-state index contributed by atoms with van der Waals surface area (Å²) in [5.41, 5.74) is 2.26. The van der Waals surface area contributed by atoms with Crippen LogP contribution in [-0.2, 0) is 0 Å². The molecule has 0 radical (unpaired) electrons. The molecule has 0 saturated carbocycles. The van der Waals surface area contributed by atoms with E-state index in [1.807, 2.05) is 31.3 Å². The third-order valence-corrected chi connectivity index (χ3v) is 2.98. The first-order valence-electron chi connectivity index (χ1n) is 5.86. The first-order valence-corrected chi connectivity index (χ1v) is 5.86. The highest BCUT2D eigenvalue weighted by atomic mass is 19.1. The summed E-state index contributed by atoms with van der Waals surface area (Å²) in [5.74, 6) is -0.250. The number of hydrogen-bond donors (Lipinski definition) is 1. The summed E-state index contributed by atoms with van der Waals surface area (Å²) in [6.07, 6.45) is -0.488. The van der Waals surface area contributed by atoms with Crippen molar-refractivity contribution in [3.05, 3.63) is 59.9 Å². The lowest BCUT2D eigenvalue weighted by atomic mass is 10.1. The molecule has 0 aliphatic carbocycles. The van der Waals surface area contributed by atoms with Crippen LogP contribution in [0.3, 0.4) is 0 Å². The maximum Gasteiger partial charge on any atom is 0.146 e. The fraction of sp³-hybridized carbons (Fsp3) is 0.200. The molecule has 0 saturated heterocycles. The second-order valence-electron chi connectivity index (χ2n) is 4.28. The largest absolute Gasteiger partial charge is 0.389 e. The Morgan fingerprint density at radius 2 is 1.67 bits per heavy atom. The van der Waals surface area contributed by atoms with Gasteiger partial charge in [-0.3, -0.25) is 0 Å². The van der Waals surface area contributed by atoms with Crippen LogP contribution in [0.2, 0.25) is 0 Å². The van der Waals surface area contributed by atoms with Gasteiger partial charge in [-0.15, -0.1) is 0 Å². The lowest BCUT2D eigenvalue weighted by Crippen LogP contribution is -2.11. The Hall–Kier alpha value is -1.87. The van der Waals surface area contributed by atoms with E-state index in [4.69, 9.17) is 0 Å². The summed E-state index contributed by atoms with van der Waals surface area (Å²) in [4.78, 5) is 1.78. The number of halogens is 1. The zero-order valence-electron chi connectivity index (χ0n) is 10.5. The molecule has 0 fully saturated rings. The fourth-order valence-electron chi connectivity index (χ4n) is 1.84. The predicted molar refractivity (Wildman–Crippen MR) is 71.5 cm³/mol. The Balaban J connectivity index is 2.29. The number of aliphatic hydroxyl groups excluding tert-OH is 1. The standard InChI is InChI=1S/C15H16FNO/c1-11(18)12-7-9-13(10-8-12)17(2)15-6-4-3-5-14(15)16/h3-11,18H,1-2H3. The predicted octanol–water partition coefficient (Wildman–Crippen LogP) is 3.65. The number of benzene rings is 2. The maximum absolute atomic E-state index is 13.7. The molecule has 0 aromatic heterocycles. The summed E-state index contributed by atoms with van der Waals surface area (Å²) in [6, 6.07) is 14.1. The minimum atomic E-state index is -0.488. The molecule has 2 rings (SSSR count). The number of para-hydroxylation sites is 1. The van der Waals surface area contributed by atoms with Gasteiger partial charge in [-0.1, -0.05) is 24.3 Å². The summed E-state index contributed by atoms with van der Waals surface area (Å²) in [7, 11) is 1.82. The molecular weight excluding hydrogens is 229 g/mol. The molecule has 0 aliphatic rings. The third kappa shape index (κ3) is 2.51. The van der Waals surface area contributed by atoms with Gasteiger partial charge >= 0.3 is 0 Å². The Morgan fingerprint density at radius 3 is 2.22 bits per heavy atom. The number of rotatable bonds is 3. The topological polar surface area (TPSA) is 23.5 Å². The van der Waals surface area contributed by atoms with Crippen LogP contribution in [0.5, 0.6) is 0 Å². The normalized spacial score (nSPS) is 12.2. The zero-order valence-corrected chi connectivity index (χ0v) is 10.5. The second kappa shape index (κ2) is 5.19. The van der Waals surface area contributed by atoms with Gasteiger partial charge in [0.25, 0.3) is 0 Å². The second-order valence-corrected chi connectivity index (χ2v) is 4.28. The van der Waals surface area contributed by atoms with Gasteiger partial charge in [-0.25, -0.2) is 4.39 Å². The molecule has 18 heavy (non-hydrogen) atoms. The number of nitrogens with zero attached hydrogens (tertiary/aromatic N) is 1. The van der Waals surface area contributed by atoms with Crippen molar-refractivity contribution in [3.8, 4) is 0 Å². The summed E-state index contributed by atoms with van der Waals surface area (Å²) >= 11 is 0. The van der Waals surface area contributed by atoms with Crippen LogP contribution < -0.4 is 4.90 Å². The maximum atomic E-state index is 13.7. The van der Waals surface area contributed by atoms with Gasteiger partial charge in [0.2, 0.25) is 0 Å². The monoisotopic (exact) mass is 245 g/mol. The minimum Gasteiger partial charge on any atom is -0.389 e. The van der Waals surface area contributed by atoms with Crippen LogP contribution in [0.25, 0.3) is 0 Å². The Kier molecular flexibility index (Phi) is 3.63. The summed E-state index contributed by atoms with van der Waals surface area (Å²) in [6.45, 7) is 1.72. The van der Waals surface area contributed by atoms with Gasteiger partial charge < -0.3 is 10.0 Å². The van der Waals surface area contributed by atoms with E-state index >= 15 is 0 Å². The van der Waals surface area contributed by atoms with E-state index in [2.05, 4.69) is 0 Å². The fourth-order valence-corrected chi connectivity index (χ4v) is 1.84. The number of aliphatic hydroxyl groups is 1. The van der Waals surface area contributed by atoms with E-state index in [1.165, 1.54) is 6.07 Å². The van der Waals surface area contributed by atoms with Crippen LogP contribution in [-0.4, -0.2) is 12.2 Å². The van der Waals surface area contributed by atoms with Crippen molar-refractivity contribution in [1.82, 2.24) is 0 Å². The molecule has 3 heteroatoms. The molecule has 2 nitrogen and oxygen atoms in total. The van der Waals surface area contributed by atoms with Gasteiger partial charge in [0, 0.05) is 12.7 Å². The minimum absolute atomic E-state index is 0.250. The van der Waals surface area contributed by atoms with Gasteiger partial charge in [-0.05, 0) is 36.8 Å². The van der Waals surface area contributed by atoms with E-state index in [0.29, 0.717) is 5.69 Å². The van der Waals surface area contributed by atoms with Crippen molar-refractivity contribution in [2.75, 3.05) is 11.9 Å². The molecule has 1 N–H and O–H groups in total. The van der Waals surface area contributed by atoms with Crippen LogP contribution in [0.1, 0.15) is 18.6 Å². The van der Waals surface area contributed by atoms with Crippen LogP contribution in [0, 0.1) is 5.82 Å². The van der Waals surface area contributed by atoms with Gasteiger partial charge in [0.1, 0.15) is 5.82 Å². The van der Waals surface area contributed by atoms with Crippen molar-refractivity contribution >= 4 is 11.4 Å². The molecule has 2 aromatic carbocycles. The van der Waals surface area contributed by atoms with Gasteiger partial charge in [0.15, 0.2) is 0 Å². The van der Waals surface area contributed by atoms with Gasteiger partial charge in [0.05, 0.1) is 11.8 Å². The highest BCUT2D eigenvalue weighted by Gasteiger charge is 2.09. The Labute approximate surface area is 106 Å². The molecule has 0 spiro atoms. The van der Waals surface area contributed by atoms with Gasteiger partial charge in [-0.2, -0.15) is 0 Å². The first kappa shape index (κ1) is 12.6. The quantitative estimate of drug-likeness (QED) is 0.892. The number of hydrogen-bond acceptors (Lipinski definition) is 2. The molecule has 1 unspecified atom stereocenters. The molecule has 2 aromatic rings. The Morgan fingerprint density at radius 1 is 1.06 bits per heavy atom. The third-order valence-electron chi connectivity index (χ3n) is 2.98. The average Bonchev–Trinajstić information content (AvgIpc) is 2.38. The molecule has 0 amide bonds. The Bertz CT molecular complexity index is 522. The summed E-state index contributed by atoms with van der Waals surface area (Å²) < 4.78 is 13.7. The molecule has 1 atom stereocenters.